The van der Waals surface area contributed by atoms with E-state index in [1.54, 1.807) is 0 Å². The lowest BCUT2D eigenvalue weighted by atomic mass is 10.1. The van der Waals surface area contributed by atoms with Crippen LogP contribution in [0.15, 0.2) is 41.2 Å². The Bertz CT molecular complexity index is 775. The number of rotatable bonds is 4. The highest BCUT2D eigenvalue weighted by atomic mass is 16.6. The zero-order valence-corrected chi connectivity index (χ0v) is 11.1. The van der Waals surface area contributed by atoms with E-state index in [-0.39, 0.29) is 12.2 Å². The third-order valence-electron chi connectivity index (χ3n) is 2.91. The van der Waals surface area contributed by atoms with E-state index < -0.39 is 4.92 Å². The first-order valence-electron chi connectivity index (χ1n) is 6.18. The summed E-state index contributed by atoms with van der Waals surface area (Å²) in [5.74, 6) is 0.815. The van der Waals surface area contributed by atoms with E-state index in [1.165, 1.54) is 17.1 Å². The maximum absolute atomic E-state index is 10.6. The fourth-order valence-corrected chi connectivity index (χ4v) is 1.81. The second-order valence-electron chi connectivity index (χ2n) is 4.53. The van der Waals surface area contributed by atoms with E-state index in [0.29, 0.717) is 11.7 Å². The molecule has 2 aromatic heterocycles. The van der Waals surface area contributed by atoms with Crippen LogP contribution in [0.25, 0.3) is 11.4 Å². The van der Waals surface area contributed by atoms with Crippen molar-refractivity contribution in [1.29, 1.82) is 0 Å². The SMILES string of the molecule is Cc1ccc(-c2noc(Cn3cc([N+](=O)[O-])cn3)n2)cc1. The van der Waals surface area contributed by atoms with Gasteiger partial charge < -0.3 is 4.52 Å². The van der Waals surface area contributed by atoms with Crippen molar-refractivity contribution in [2.45, 2.75) is 13.5 Å². The van der Waals surface area contributed by atoms with E-state index in [9.17, 15) is 10.1 Å². The lowest BCUT2D eigenvalue weighted by molar-refractivity contribution is -0.385. The molecule has 0 bridgehead atoms. The summed E-state index contributed by atoms with van der Waals surface area (Å²) in [6, 6.07) is 7.73. The first-order chi connectivity index (χ1) is 10.1. The highest BCUT2D eigenvalue weighted by molar-refractivity contribution is 5.54. The van der Waals surface area contributed by atoms with Crippen molar-refractivity contribution in [2.24, 2.45) is 0 Å². The smallest absolute Gasteiger partial charge is 0.307 e. The Kier molecular flexibility index (Phi) is 3.19. The Balaban J connectivity index is 1.78. The Morgan fingerprint density at radius 1 is 1.33 bits per heavy atom. The third-order valence-corrected chi connectivity index (χ3v) is 2.91. The minimum atomic E-state index is -0.505. The van der Waals surface area contributed by atoms with Gasteiger partial charge in [-0.2, -0.15) is 10.1 Å². The molecule has 0 amide bonds. The van der Waals surface area contributed by atoms with Gasteiger partial charge in [0.1, 0.15) is 18.9 Å². The van der Waals surface area contributed by atoms with Gasteiger partial charge in [-0.25, -0.2) is 0 Å². The van der Waals surface area contributed by atoms with Crippen LogP contribution in [0.1, 0.15) is 11.5 Å². The molecule has 2 heterocycles. The molecule has 21 heavy (non-hydrogen) atoms. The molecule has 0 spiro atoms. The zero-order chi connectivity index (χ0) is 14.8. The first-order valence-corrected chi connectivity index (χ1v) is 6.18. The topological polar surface area (TPSA) is 99.9 Å². The van der Waals surface area contributed by atoms with Crippen molar-refractivity contribution >= 4 is 5.69 Å². The molecule has 8 nitrogen and oxygen atoms in total. The van der Waals surface area contributed by atoms with Gasteiger partial charge in [0.2, 0.25) is 11.7 Å². The summed E-state index contributed by atoms with van der Waals surface area (Å²) < 4.78 is 6.51. The van der Waals surface area contributed by atoms with Crippen LogP contribution in [0, 0.1) is 17.0 Å². The van der Waals surface area contributed by atoms with Crippen LogP contribution in [0.5, 0.6) is 0 Å². The maximum Gasteiger partial charge on any atom is 0.307 e. The van der Waals surface area contributed by atoms with Gasteiger partial charge in [-0.15, -0.1) is 0 Å². The first kappa shape index (κ1) is 13.0. The van der Waals surface area contributed by atoms with Gasteiger partial charge in [-0.3, -0.25) is 14.8 Å². The number of benzene rings is 1. The molecular weight excluding hydrogens is 274 g/mol. The van der Waals surface area contributed by atoms with Crippen LogP contribution < -0.4 is 0 Å². The van der Waals surface area contributed by atoms with Crippen molar-refractivity contribution in [3.63, 3.8) is 0 Å². The molecule has 0 aliphatic rings. The minimum Gasteiger partial charge on any atom is -0.337 e. The molecule has 0 N–H and O–H groups in total. The zero-order valence-electron chi connectivity index (χ0n) is 11.1. The maximum atomic E-state index is 10.6. The molecule has 106 valence electrons. The monoisotopic (exact) mass is 285 g/mol. The average Bonchev–Trinajstić information content (AvgIpc) is 3.10. The van der Waals surface area contributed by atoms with Gasteiger partial charge in [0.25, 0.3) is 0 Å². The fourth-order valence-electron chi connectivity index (χ4n) is 1.81. The molecule has 0 aliphatic carbocycles. The molecule has 0 atom stereocenters. The predicted octanol–water partition coefficient (Wildman–Crippen LogP) is 2.20. The number of aromatic nitrogens is 4. The summed E-state index contributed by atoms with van der Waals surface area (Å²) in [6.07, 6.45) is 2.49. The third kappa shape index (κ3) is 2.78. The van der Waals surface area contributed by atoms with Crippen LogP contribution in [-0.2, 0) is 6.54 Å². The molecule has 0 saturated carbocycles. The van der Waals surface area contributed by atoms with Crippen molar-refractivity contribution in [3.05, 3.63) is 58.2 Å². The van der Waals surface area contributed by atoms with Gasteiger partial charge in [0.15, 0.2) is 0 Å². The second-order valence-corrected chi connectivity index (χ2v) is 4.53. The normalized spacial score (nSPS) is 10.7. The lowest BCUT2D eigenvalue weighted by Gasteiger charge is -1.95. The molecule has 0 aliphatic heterocycles. The molecule has 0 saturated heterocycles. The Morgan fingerprint density at radius 3 is 2.76 bits per heavy atom. The fraction of sp³-hybridized carbons (Fsp3) is 0.154. The number of nitro groups is 1. The summed E-state index contributed by atoms with van der Waals surface area (Å²) in [5.41, 5.74) is 1.92. The largest absolute Gasteiger partial charge is 0.337 e. The molecule has 8 heteroatoms. The summed E-state index contributed by atoms with van der Waals surface area (Å²) >= 11 is 0. The van der Waals surface area contributed by atoms with E-state index in [0.717, 1.165) is 11.1 Å². The van der Waals surface area contributed by atoms with Gasteiger partial charge in [-0.05, 0) is 6.92 Å². The van der Waals surface area contributed by atoms with Gasteiger partial charge in [0, 0.05) is 5.56 Å². The molecule has 1 aromatic carbocycles. The van der Waals surface area contributed by atoms with Gasteiger partial charge in [0.05, 0.1) is 4.92 Å². The highest BCUT2D eigenvalue weighted by Gasteiger charge is 2.12. The van der Waals surface area contributed by atoms with Gasteiger partial charge >= 0.3 is 5.69 Å². The van der Waals surface area contributed by atoms with Crippen molar-refractivity contribution < 1.29 is 9.45 Å². The summed E-state index contributed by atoms with van der Waals surface area (Å²) in [5, 5.41) is 18.4. The second kappa shape index (κ2) is 5.16. The molecule has 0 fully saturated rings. The number of hydrogen-bond acceptors (Lipinski definition) is 6. The van der Waals surface area contributed by atoms with E-state index in [2.05, 4.69) is 15.2 Å². The Hall–Kier alpha value is -3.03. The van der Waals surface area contributed by atoms with Crippen molar-refractivity contribution in [2.75, 3.05) is 0 Å². The Labute approximate surface area is 119 Å². The molecule has 3 rings (SSSR count). The van der Waals surface area contributed by atoms with Crippen LogP contribution in [0.4, 0.5) is 5.69 Å². The van der Waals surface area contributed by atoms with Crippen LogP contribution in [0.2, 0.25) is 0 Å². The van der Waals surface area contributed by atoms with E-state index >= 15 is 0 Å². The van der Waals surface area contributed by atoms with Crippen LogP contribution in [0.3, 0.4) is 0 Å². The van der Waals surface area contributed by atoms with Crippen molar-refractivity contribution in [3.8, 4) is 11.4 Å². The van der Waals surface area contributed by atoms with Crippen LogP contribution in [-0.4, -0.2) is 24.8 Å². The molecular formula is C13H11N5O3. The number of nitrogens with zero attached hydrogens (tertiary/aromatic N) is 5. The predicted molar refractivity (Wildman–Crippen MR) is 72.5 cm³/mol. The number of aryl methyl sites for hydroxylation is 1. The summed E-state index contributed by atoms with van der Waals surface area (Å²) in [6.45, 7) is 2.18. The minimum absolute atomic E-state index is 0.0757. The van der Waals surface area contributed by atoms with Crippen LogP contribution >= 0.6 is 0 Å². The molecule has 0 unspecified atom stereocenters. The standard InChI is InChI=1S/C13H11N5O3/c1-9-2-4-10(5-3-9)13-15-12(21-16-13)8-17-7-11(6-14-17)18(19)20/h2-7H,8H2,1H3. The van der Waals surface area contributed by atoms with Crippen molar-refractivity contribution in [1.82, 2.24) is 19.9 Å². The Morgan fingerprint density at radius 2 is 2.10 bits per heavy atom. The lowest BCUT2D eigenvalue weighted by Crippen LogP contribution is -2.00. The summed E-state index contributed by atoms with van der Waals surface area (Å²) in [4.78, 5) is 14.3. The molecule has 0 radical (unpaired) electrons. The quantitative estimate of drug-likeness (QED) is 0.538. The van der Waals surface area contributed by atoms with E-state index in [1.807, 2.05) is 31.2 Å². The number of hydrogen-bond donors (Lipinski definition) is 0. The van der Waals surface area contributed by atoms with Gasteiger partial charge in [-0.1, -0.05) is 35.0 Å². The average molecular weight is 285 g/mol. The van der Waals surface area contributed by atoms with E-state index in [4.69, 9.17) is 4.52 Å². The summed E-state index contributed by atoms with van der Waals surface area (Å²) in [7, 11) is 0. The highest BCUT2D eigenvalue weighted by Crippen LogP contribution is 2.17. The molecule has 3 aromatic rings.